The molecule has 0 aromatic rings. The number of rotatable bonds is 3. The molecule has 1 unspecified atom stereocenters. The molecule has 0 aromatic heterocycles. The summed E-state index contributed by atoms with van der Waals surface area (Å²) in [6.45, 7) is 7.21. The van der Waals surface area contributed by atoms with Gasteiger partial charge in [-0.1, -0.05) is 18.6 Å². The van der Waals surface area contributed by atoms with Crippen LogP contribution in [0.1, 0.15) is 51.4 Å². The highest BCUT2D eigenvalue weighted by Crippen LogP contribution is 2.16. The van der Waals surface area contributed by atoms with E-state index in [0.717, 1.165) is 12.0 Å². The molecule has 2 heteroatoms. The first-order valence-corrected chi connectivity index (χ1v) is 8.75. The highest BCUT2D eigenvalue weighted by molar-refractivity contribution is 4.89. The molecule has 19 heavy (non-hydrogen) atoms. The van der Waals surface area contributed by atoms with Crippen molar-refractivity contribution >= 4 is 0 Å². The monoisotopic (exact) mass is 264 g/mol. The molecule has 1 aliphatic heterocycles. The molecular weight excluding hydrogens is 232 g/mol. The second-order valence-electron chi connectivity index (χ2n) is 7.10. The van der Waals surface area contributed by atoms with Crippen molar-refractivity contribution in [2.75, 3.05) is 32.7 Å². The smallest absolute Gasteiger partial charge is 0.127 e. The molecule has 1 saturated heterocycles. The first-order chi connectivity index (χ1) is 9.42. The largest absolute Gasteiger partial charge is 0.325 e. The van der Waals surface area contributed by atoms with Crippen LogP contribution < -0.4 is 9.80 Å². The predicted octanol–water partition coefficient (Wildman–Crippen LogP) is 0.459. The molecule has 0 amide bonds. The molecule has 0 spiro atoms. The van der Waals surface area contributed by atoms with E-state index in [2.05, 4.69) is 12.2 Å². The molecule has 2 aliphatic carbocycles. The Morgan fingerprint density at radius 2 is 1.63 bits per heavy atom. The molecule has 1 saturated carbocycles. The molecule has 1 heterocycles. The summed E-state index contributed by atoms with van der Waals surface area (Å²) in [5.41, 5.74) is 0. The van der Waals surface area contributed by atoms with Crippen molar-refractivity contribution in [2.24, 2.45) is 5.92 Å². The fraction of sp³-hybridized carbons (Fsp3) is 0.882. The maximum atomic E-state index is 2.41. The van der Waals surface area contributed by atoms with Crippen LogP contribution in [0.25, 0.3) is 0 Å². The molecule has 108 valence electrons. The molecule has 3 aliphatic rings. The molecule has 2 N–H and O–H groups in total. The fourth-order valence-corrected chi connectivity index (χ4v) is 4.50. The Balaban J connectivity index is 1.40. The lowest BCUT2D eigenvalue weighted by Crippen LogP contribution is -3.29. The van der Waals surface area contributed by atoms with Crippen LogP contribution in [-0.2, 0) is 0 Å². The number of quaternary nitrogens is 2. The average Bonchev–Trinajstić information content (AvgIpc) is 2.50. The van der Waals surface area contributed by atoms with Gasteiger partial charge < -0.3 is 9.80 Å². The van der Waals surface area contributed by atoms with Crippen molar-refractivity contribution in [3.8, 4) is 0 Å². The Kier molecular flexibility index (Phi) is 4.95. The minimum Gasteiger partial charge on any atom is -0.325 e. The first-order valence-electron chi connectivity index (χ1n) is 8.75. The van der Waals surface area contributed by atoms with E-state index in [4.69, 9.17) is 0 Å². The second-order valence-corrected chi connectivity index (χ2v) is 7.10. The van der Waals surface area contributed by atoms with Crippen molar-refractivity contribution in [3.05, 3.63) is 12.2 Å². The number of allylic oxidation sites excluding steroid dienone is 2. The van der Waals surface area contributed by atoms with Gasteiger partial charge in [0, 0.05) is 5.92 Å². The van der Waals surface area contributed by atoms with E-state index in [1.807, 2.05) is 9.80 Å². The van der Waals surface area contributed by atoms with Crippen molar-refractivity contribution in [1.29, 1.82) is 0 Å². The first kappa shape index (κ1) is 13.6. The van der Waals surface area contributed by atoms with Gasteiger partial charge in [-0.15, -0.1) is 0 Å². The van der Waals surface area contributed by atoms with Gasteiger partial charge in [-0.3, -0.25) is 0 Å². The number of nitrogens with one attached hydrogen (secondary N) is 2. The van der Waals surface area contributed by atoms with Gasteiger partial charge >= 0.3 is 0 Å². The summed E-state index contributed by atoms with van der Waals surface area (Å²) in [6, 6.07) is 1.02. The van der Waals surface area contributed by atoms with Crippen molar-refractivity contribution < 1.29 is 9.80 Å². The SMILES string of the molecule is C1=CCC(C[NH+]2CC[NH+](C3CCCCC3)CC2)CC1. The lowest BCUT2D eigenvalue weighted by Gasteiger charge is -2.37. The molecule has 3 rings (SSSR count). The van der Waals surface area contributed by atoms with E-state index in [9.17, 15) is 0 Å². The van der Waals surface area contributed by atoms with Crippen LogP contribution in [0.4, 0.5) is 0 Å². The highest BCUT2D eigenvalue weighted by Gasteiger charge is 2.31. The summed E-state index contributed by atoms with van der Waals surface area (Å²) in [4.78, 5) is 3.85. The van der Waals surface area contributed by atoms with Gasteiger partial charge in [-0.25, -0.2) is 0 Å². The van der Waals surface area contributed by atoms with Crippen LogP contribution >= 0.6 is 0 Å². The van der Waals surface area contributed by atoms with Crippen LogP contribution in [0.15, 0.2) is 12.2 Å². The summed E-state index contributed by atoms with van der Waals surface area (Å²) in [5, 5.41) is 0. The van der Waals surface area contributed by atoms with E-state index in [1.165, 1.54) is 84.1 Å². The third kappa shape index (κ3) is 3.82. The van der Waals surface area contributed by atoms with Gasteiger partial charge in [0.05, 0.1) is 12.6 Å². The zero-order chi connectivity index (χ0) is 12.9. The van der Waals surface area contributed by atoms with E-state index < -0.39 is 0 Å². The summed E-state index contributed by atoms with van der Waals surface area (Å²) in [5.74, 6) is 0.983. The van der Waals surface area contributed by atoms with Crippen molar-refractivity contribution in [2.45, 2.75) is 57.4 Å². The highest BCUT2D eigenvalue weighted by atomic mass is 15.3. The normalized spacial score (nSPS) is 37.4. The third-order valence-corrected chi connectivity index (χ3v) is 5.74. The topological polar surface area (TPSA) is 8.88 Å². The molecule has 0 aromatic carbocycles. The third-order valence-electron chi connectivity index (χ3n) is 5.74. The standard InChI is InChI=1S/C17H30N2/c1-3-7-16(8-4-1)15-18-11-13-19(14-12-18)17-9-5-2-6-10-17/h1,3,16-17H,2,4-15H2/p+2. The van der Waals surface area contributed by atoms with Crippen molar-refractivity contribution in [3.63, 3.8) is 0 Å². The van der Waals surface area contributed by atoms with Crippen LogP contribution in [0, 0.1) is 5.92 Å². The Hall–Kier alpha value is -0.340. The van der Waals surface area contributed by atoms with Crippen LogP contribution in [0.5, 0.6) is 0 Å². The van der Waals surface area contributed by atoms with Crippen LogP contribution in [0.3, 0.4) is 0 Å². The Bertz CT molecular complexity index is 286. The number of hydrogen-bond acceptors (Lipinski definition) is 0. The average molecular weight is 264 g/mol. The van der Waals surface area contributed by atoms with Crippen LogP contribution in [0.2, 0.25) is 0 Å². The minimum atomic E-state index is 0.983. The van der Waals surface area contributed by atoms with E-state index >= 15 is 0 Å². The Morgan fingerprint density at radius 1 is 0.842 bits per heavy atom. The second kappa shape index (κ2) is 6.90. The van der Waals surface area contributed by atoms with Gasteiger partial charge in [0.15, 0.2) is 0 Å². The number of hydrogen-bond donors (Lipinski definition) is 2. The summed E-state index contributed by atoms with van der Waals surface area (Å²) < 4.78 is 0. The molecule has 0 bridgehead atoms. The predicted molar refractivity (Wildman–Crippen MR) is 79.6 cm³/mol. The molecular formula is C17H32N2+2. The minimum absolute atomic E-state index is 0.983. The summed E-state index contributed by atoms with van der Waals surface area (Å²) in [7, 11) is 0. The van der Waals surface area contributed by atoms with Gasteiger partial charge in [0.1, 0.15) is 26.2 Å². The molecule has 2 fully saturated rings. The fourth-order valence-electron chi connectivity index (χ4n) is 4.50. The van der Waals surface area contributed by atoms with Gasteiger partial charge in [0.25, 0.3) is 0 Å². The van der Waals surface area contributed by atoms with Gasteiger partial charge in [-0.05, 0) is 44.9 Å². The maximum absolute atomic E-state index is 2.41. The summed E-state index contributed by atoms with van der Waals surface area (Å²) >= 11 is 0. The van der Waals surface area contributed by atoms with E-state index in [-0.39, 0.29) is 0 Å². The van der Waals surface area contributed by atoms with E-state index in [0.29, 0.717) is 0 Å². The quantitative estimate of drug-likeness (QED) is 0.685. The summed E-state index contributed by atoms with van der Waals surface area (Å²) in [6.07, 6.45) is 16.4. The lowest BCUT2D eigenvalue weighted by molar-refractivity contribution is -1.03. The van der Waals surface area contributed by atoms with Gasteiger partial charge in [-0.2, -0.15) is 0 Å². The molecule has 1 atom stereocenters. The number of piperazine rings is 1. The zero-order valence-electron chi connectivity index (χ0n) is 12.5. The van der Waals surface area contributed by atoms with Crippen LogP contribution in [-0.4, -0.2) is 38.8 Å². The van der Waals surface area contributed by atoms with E-state index in [1.54, 1.807) is 0 Å². The Labute approximate surface area is 118 Å². The Morgan fingerprint density at radius 3 is 2.32 bits per heavy atom. The lowest BCUT2D eigenvalue weighted by atomic mass is 9.92. The zero-order valence-corrected chi connectivity index (χ0v) is 12.5. The maximum Gasteiger partial charge on any atom is 0.127 e. The molecule has 0 radical (unpaired) electrons. The van der Waals surface area contributed by atoms with Crippen molar-refractivity contribution in [1.82, 2.24) is 0 Å². The van der Waals surface area contributed by atoms with Gasteiger partial charge in [0.2, 0.25) is 0 Å². The molecule has 2 nitrogen and oxygen atoms in total.